The highest BCUT2D eigenvalue weighted by Crippen LogP contribution is 2.37. The van der Waals surface area contributed by atoms with Gasteiger partial charge in [-0.05, 0) is 55.8 Å². The van der Waals surface area contributed by atoms with E-state index in [-0.39, 0.29) is 11.7 Å². The molecule has 0 atom stereocenters. The van der Waals surface area contributed by atoms with Gasteiger partial charge in [-0.1, -0.05) is 17.7 Å². The number of carboxylic acids is 1. The lowest BCUT2D eigenvalue weighted by molar-refractivity contribution is -0.000887. The molecule has 3 aromatic rings. The number of hydrogen-bond donors (Lipinski definition) is 1. The van der Waals surface area contributed by atoms with Gasteiger partial charge in [-0.25, -0.2) is 9.59 Å². The third kappa shape index (κ3) is 4.03. The maximum Gasteiger partial charge on any atom is 0.415 e. The SMILES string of the molecule is CC(C)n1ccc2c(CN3CCC4(CC3)CN(c3ccc(C(=O)O)cc3)C(=O)O4)ccc(Cl)c21. The molecule has 1 N–H and O–H groups in total. The van der Waals surface area contributed by atoms with Crippen LogP contribution in [0.25, 0.3) is 10.9 Å². The minimum atomic E-state index is -0.988. The van der Waals surface area contributed by atoms with Crippen molar-refractivity contribution in [3.63, 3.8) is 0 Å². The Morgan fingerprint density at radius 1 is 1.12 bits per heavy atom. The minimum Gasteiger partial charge on any atom is -0.478 e. The molecular formula is C26H28ClN3O4. The van der Waals surface area contributed by atoms with Crippen molar-refractivity contribution in [2.24, 2.45) is 0 Å². The van der Waals surface area contributed by atoms with Gasteiger partial charge in [0.2, 0.25) is 0 Å². The number of fused-ring (bicyclic) bond motifs is 1. The van der Waals surface area contributed by atoms with E-state index in [1.165, 1.54) is 23.1 Å². The molecule has 3 heterocycles. The van der Waals surface area contributed by atoms with Gasteiger partial charge < -0.3 is 14.4 Å². The fraction of sp³-hybridized carbons (Fsp3) is 0.385. The summed E-state index contributed by atoms with van der Waals surface area (Å²) in [5, 5.41) is 11.1. The lowest BCUT2D eigenvalue weighted by Gasteiger charge is -2.37. The van der Waals surface area contributed by atoms with E-state index >= 15 is 0 Å². The largest absolute Gasteiger partial charge is 0.478 e. The first-order chi connectivity index (χ1) is 16.3. The van der Waals surface area contributed by atoms with Crippen LogP contribution in [0.5, 0.6) is 0 Å². The van der Waals surface area contributed by atoms with E-state index in [2.05, 4.69) is 41.6 Å². The summed E-state index contributed by atoms with van der Waals surface area (Å²) >= 11 is 6.53. The molecule has 34 heavy (non-hydrogen) atoms. The van der Waals surface area contributed by atoms with Crippen LogP contribution in [0, 0.1) is 0 Å². The number of carbonyl (C=O) groups excluding carboxylic acids is 1. The molecule has 0 saturated carbocycles. The summed E-state index contributed by atoms with van der Waals surface area (Å²) in [4.78, 5) is 27.7. The zero-order chi connectivity index (χ0) is 24.0. The van der Waals surface area contributed by atoms with E-state index in [4.69, 9.17) is 21.4 Å². The molecule has 0 aliphatic carbocycles. The second kappa shape index (κ2) is 8.64. The molecule has 8 heteroatoms. The highest BCUT2D eigenvalue weighted by atomic mass is 35.5. The van der Waals surface area contributed by atoms with Gasteiger partial charge in [0.15, 0.2) is 0 Å². The molecule has 2 aromatic carbocycles. The summed E-state index contributed by atoms with van der Waals surface area (Å²) in [7, 11) is 0. The number of likely N-dealkylation sites (tertiary alicyclic amines) is 1. The summed E-state index contributed by atoms with van der Waals surface area (Å²) < 4.78 is 8.08. The van der Waals surface area contributed by atoms with Crippen LogP contribution in [0.2, 0.25) is 5.02 Å². The molecule has 1 amide bonds. The van der Waals surface area contributed by atoms with Gasteiger partial charge in [-0.3, -0.25) is 9.80 Å². The minimum absolute atomic E-state index is 0.194. The van der Waals surface area contributed by atoms with Crippen LogP contribution in [-0.2, 0) is 11.3 Å². The molecular weight excluding hydrogens is 454 g/mol. The smallest absolute Gasteiger partial charge is 0.415 e. The van der Waals surface area contributed by atoms with Crippen molar-refractivity contribution in [2.75, 3.05) is 24.5 Å². The molecule has 0 unspecified atom stereocenters. The number of rotatable bonds is 5. The average Bonchev–Trinajstić information content (AvgIpc) is 3.40. The first-order valence-electron chi connectivity index (χ1n) is 11.6. The van der Waals surface area contributed by atoms with E-state index in [1.54, 1.807) is 17.0 Å². The van der Waals surface area contributed by atoms with Crippen molar-refractivity contribution >= 4 is 40.3 Å². The Kier molecular flexibility index (Phi) is 5.78. The Balaban J connectivity index is 1.27. The van der Waals surface area contributed by atoms with Gasteiger partial charge in [0, 0.05) is 55.8 Å². The second-order valence-corrected chi connectivity index (χ2v) is 9.96. The zero-order valence-corrected chi connectivity index (χ0v) is 20.1. The van der Waals surface area contributed by atoms with Crippen molar-refractivity contribution in [3.8, 4) is 0 Å². The van der Waals surface area contributed by atoms with Crippen LogP contribution < -0.4 is 4.90 Å². The van der Waals surface area contributed by atoms with Crippen LogP contribution >= 0.6 is 11.6 Å². The van der Waals surface area contributed by atoms with Crippen molar-refractivity contribution in [1.29, 1.82) is 0 Å². The Hall–Kier alpha value is -3.03. The van der Waals surface area contributed by atoms with Gasteiger partial charge in [-0.15, -0.1) is 0 Å². The van der Waals surface area contributed by atoms with E-state index < -0.39 is 11.6 Å². The third-order valence-electron chi connectivity index (χ3n) is 7.03. The van der Waals surface area contributed by atoms with E-state index in [0.29, 0.717) is 18.3 Å². The molecule has 1 spiro atoms. The molecule has 2 aliphatic heterocycles. The lowest BCUT2D eigenvalue weighted by atomic mass is 9.91. The third-order valence-corrected chi connectivity index (χ3v) is 7.34. The summed E-state index contributed by atoms with van der Waals surface area (Å²) in [5.41, 5.74) is 2.68. The van der Waals surface area contributed by atoms with Crippen molar-refractivity contribution in [1.82, 2.24) is 9.47 Å². The molecule has 2 fully saturated rings. The van der Waals surface area contributed by atoms with E-state index in [9.17, 15) is 9.59 Å². The number of ether oxygens (including phenoxy) is 1. The van der Waals surface area contributed by atoms with Gasteiger partial charge in [-0.2, -0.15) is 0 Å². The van der Waals surface area contributed by atoms with Crippen molar-refractivity contribution in [3.05, 3.63) is 64.8 Å². The molecule has 1 aromatic heterocycles. The Morgan fingerprint density at radius 2 is 1.82 bits per heavy atom. The number of carboxylic acid groups (broad SMARTS) is 1. The maximum absolute atomic E-state index is 12.6. The van der Waals surface area contributed by atoms with E-state index in [1.807, 2.05) is 6.07 Å². The second-order valence-electron chi connectivity index (χ2n) is 9.55. The number of aromatic carboxylic acids is 1. The topological polar surface area (TPSA) is 75.0 Å². The first-order valence-corrected chi connectivity index (χ1v) is 12.0. The maximum atomic E-state index is 12.6. The summed E-state index contributed by atoms with van der Waals surface area (Å²) in [5.74, 6) is -0.988. The van der Waals surface area contributed by atoms with Crippen LogP contribution in [0.1, 0.15) is 48.7 Å². The molecule has 178 valence electrons. The fourth-order valence-corrected chi connectivity index (χ4v) is 5.36. The number of hydrogen-bond acceptors (Lipinski definition) is 4. The van der Waals surface area contributed by atoms with Crippen LogP contribution in [0.4, 0.5) is 10.5 Å². The predicted molar refractivity (Wildman–Crippen MR) is 132 cm³/mol. The van der Waals surface area contributed by atoms with Crippen LogP contribution in [0.15, 0.2) is 48.7 Å². The molecule has 2 aliphatic rings. The zero-order valence-electron chi connectivity index (χ0n) is 19.3. The highest BCUT2D eigenvalue weighted by Gasteiger charge is 2.47. The lowest BCUT2D eigenvalue weighted by Crippen LogP contribution is -2.46. The van der Waals surface area contributed by atoms with Gasteiger partial charge in [0.05, 0.1) is 22.6 Å². The Morgan fingerprint density at radius 3 is 2.47 bits per heavy atom. The number of benzene rings is 2. The number of amides is 1. The van der Waals surface area contributed by atoms with Gasteiger partial charge in [0.1, 0.15) is 5.60 Å². The Labute approximate surface area is 203 Å². The van der Waals surface area contributed by atoms with E-state index in [0.717, 1.165) is 43.0 Å². The molecule has 0 radical (unpaired) electrons. The number of anilines is 1. The first kappa shape index (κ1) is 22.7. The summed E-state index contributed by atoms with van der Waals surface area (Å²) in [6.45, 7) is 7.26. The van der Waals surface area contributed by atoms with Gasteiger partial charge >= 0.3 is 12.1 Å². The summed E-state index contributed by atoms with van der Waals surface area (Å²) in [6.07, 6.45) is 3.25. The van der Waals surface area contributed by atoms with Crippen LogP contribution in [0.3, 0.4) is 0 Å². The molecule has 0 bridgehead atoms. The normalized spacial score (nSPS) is 18.2. The van der Waals surface area contributed by atoms with Crippen LogP contribution in [-0.4, -0.2) is 51.9 Å². The predicted octanol–water partition coefficient (Wildman–Crippen LogP) is 5.57. The number of halogens is 1. The number of carbonyl (C=O) groups is 2. The molecule has 5 rings (SSSR count). The number of aromatic nitrogens is 1. The highest BCUT2D eigenvalue weighted by molar-refractivity contribution is 6.35. The number of nitrogens with zero attached hydrogens (tertiary/aromatic N) is 3. The fourth-order valence-electron chi connectivity index (χ4n) is 5.09. The Bertz CT molecular complexity index is 1240. The monoisotopic (exact) mass is 481 g/mol. The molecule has 7 nitrogen and oxygen atoms in total. The number of piperidine rings is 1. The summed E-state index contributed by atoms with van der Waals surface area (Å²) in [6, 6.07) is 12.9. The van der Waals surface area contributed by atoms with Gasteiger partial charge in [0.25, 0.3) is 0 Å². The standard InChI is InChI=1S/C26H28ClN3O4/c1-17(2)29-12-9-21-19(5-8-22(27)23(21)29)15-28-13-10-26(11-14-28)16-30(25(33)34-26)20-6-3-18(4-7-20)24(31)32/h3-9,12,17H,10-11,13-16H2,1-2H3,(H,31,32). The van der Waals surface area contributed by atoms with Crippen molar-refractivity contribution < 1.29 is 19.4 Å². The van der Waals surface area contributed by atoms with Crippen molar-refractivity contribution in [2.45, 2.75) is 44.9 Å². The quantitative estimate of drug-likeness (QED) is 0.516. The molecule has 2 saturated heterocycles. The average molecular weight is 482 g/mol.